The van der Waals surface area contributed by atoms with Gasteiger partial charge in [0.05, 0.1) is 20.0 Å². The first kappa shape index (κ1) is 17.6. The Labute approximate surface area is 160 Å². The average Bonchev–Trinajstić information content (AvgIpc) is 2.86. The van der Waals surface area contributed by atoms with Crippen molar-refractivity contribution in [3.63, 3.8) is 0 Å². The number of para-hydroxylation sites is 1. The van der Waals surface area contributed by atoms with Crippen LogP contribution in [0.15, 0.2) is 51.8 Å². The third kappa shape index (κ3) is 3.44. The second-order valence-corrected chi connectivity index (χ2v) is 7.51. The summed E-state index contributed by atoms with van der Waals surface area (Å²) in [5.41, 5.74) is 0.599. The van der Waals surface area contributed by atoms with Gasteiger partial charge in [-0.15, -0.1) is 0 Å². The van der Waals surface area contributed by atoms with Gasteiger partial charge >= 0.3 is 0 Å². The highest BCUT2D eigenvalue weighted by atomic mass is 79.9. The zero-order chi connectivity index (χ0) is 18.1. The van der Waals surface area contributed by atoms with E-state index in [1.165, 1.54) is 23.1 Å². The molecule has 0 aromatic heterocycles. The lowest BCUT2D eigenvalue weighted by molar-refractivity contribution is -0.385. The summed E-state index contributed by atoms with van der Waals surface area (Å²) in [4.78, 5) is 24.7. The number of thiocarbonyl (C=S) groups is 1. The minimum Gasteiger partial charge on any atom is -0.506 e. The molecule has 0 radical (unpaired) electrons. The Morgan fingerprint density at radius 1 is 1.28 bits per heavy atom. The predicted octanol–water partition coefficient (Wildman–Crippen LogP) is 4.47. The molecule has 2 aromatic carbocycles. The molecule has 0 aliphatic carbocycles. The van der Waals surface area contributed by atoms with Gasteiger partial charge in [-0.3, -0.25) is 19.8 Å². The van der Waals surface area contributed by atoms with Gasteiger partial charge in [-0.05, 0) is 34.1 Å². The van der Waals surface area contributed by atoms with Crippen molar-refractivity contribution in [2.24, 2.45) is 0 Å². The molecule has 6 nitrogen and oxygen atoms in total. The molecule has 1 amide bonds. The topological polar surface area (TPSA) is 83.7 Å². The van der Waals surface area contributed by atoms with E-state index in [9.17, 15) is 20.0 Å². The van der Waals surface area contributed by atoms with Crippen molar-refractivity contribution >= 4 is 67.6 Å². The lowest BCUT2D eigenvalue weighted by atomic mass is 10.1. The Hall–Kier alpha value is -2.23. The number of anilines is 1. The fourth-order valence-corrected chi connectivity index (χ4v) is 3.98. The first-order valence-corrected chi connectivity index (χ1v) is 8.90. The van der Waals surface area contributed by atoms with Gasteiger partial charge in [0.1, 0.15) is 5.75 Å². The van der Waals surface area contributed by atoms with Gasteiger partial charge in [0, 0.05) is 17.7 Å². The number of benzene rings is 2. The molecule has 25 heavy (non-hydrogen) atoms. The standard InChI is InChI=1S/C16H9BrN2O4S2/c17-12-8-11(19(22)23)6-9(14(12)20)7-13-15(21)18(16(24)25-13)10-4-2-1-3-5-10/h1-8,20H/b13-7+. The number of phenolic OH excluding ortho intramolecular Hbond substituents is 1. The zero-order valence-electron chi connectivity index (χ0n) is 12.4. The normalized spacial score (nSPS) is 15.9. The Morgan fingerprint density at radius 2 is 1.96 bits per heavy atom. The molecule has 0 unspecified atom stereocenters. The molecular weight excluding hydrogens is 428 g/mol. The number of carbonyl (C=O) groups excluding carboxylic acids is 1. The van der Waals surface area contributed by atoms with Crippen molar-refractivity contribution in [3.05, 3.63) is 67.5 Å². The van der Waals surface area contributed by atoms with E-state index in [0.717, 1.165) is 11.8 Å². The minimum absolute atomic E-state index is 0.162. The van der Waals surface area contributed by atoms with Gasteiger partial charge in [-0.2, -0.15) is 0 Å². The number of rotatable bonds is 3. The Kier molecular flexibility index (Phi) is 4.89. The summed E-state index contributed by atoms with van der Waals surface area (Å²) in [6, 6.07) is 11.3. The fraction of sp³-hybridized carbons (Fsp3) is 0. The van der Waals surface area contributed by atoms with Crippen LogP contribution < -0.4 is 4.90 Å². The number of amides is 1. The fourth-order valence-electron chi connectivity index (χ4n) is 2.23. The highest BCUT2D eigenvalue weighted by Gasteiger charge is 2.33. The van der Waals surface area contributed by atoms with Gasteiger partial charge in [-0.25, -0.2) is 0 Å². The van der Waals surface area contributed by atoms with Crippen LogP contribution in [0.25, 0.3) is 6.08 Å². The van der Waals surface area contributed by atoms with E-state index < -0.39 is 4.92 Å². The van der Waals surface area contributed by atoms with E-state index in [4.69, 9.17) is 12.2 Å². The Bertz CT molecular complexity index is 931. The van der Waals surface area contributed by atoms with Crippen LogP contribution in [0.3, 0.4) is 0 Å². The average molecular weight is 437 g/mol. The minimum atomic E-state index is -0.573. The highest BCUT2D eigenvalue weighted by Crippen LogP contribution is 2.39. The molecule has 2 aromatic rings. The van der Waals surface area contributed by atoms with E-state index in [1.807, 2.05) is 6.07 Å². The lowest BCUT2D eigenvalue weighted by Crippen LogP contribution is -2.27. The molecule has 1 N–H and O–H groups in total. The molecule has 0 spiro atoms. The maximum absolute atomic E-state index is 12.7. The maximum atomic E-state index is 12.7. The predicted molar refractivity (Wildman–Crippen MR) is 105 cm³/mol. The molecule has 1 aliphatic heterocycles. The Balaban J connectivity index is 2.02. The summed E-state index contributed by atoms with van der Waals surface area (Å²) in [6.07, 6.45) is 1.40. The van der Waals surface area contributed by atoms with Crippen LogP contribution in [0, 0.1) is 10.1 Å². The molecular formula is C16H9BrN2O4S2. The second-order valence-electron chi connectivity index (χ2n) is 4.98. The highest BCUT2D eigenvalue weighted by molar-refractivity contribution is 9.10. The van der Waals surface area contributed by atoms with Crippen LogP contribution in [0.1, 0.15) is 5.56 Å². The SMILES string of the molecule is O=C1/C(=C\c2cc([N+](=O)[O-])cc(Br)c2O)SC(=S)N1c1ccccc1. The van der Waals surface area contributed by atoms with E-state index in [1.54, 1.807) is 24.3 Å². The summed E-state index contributed by atoms with van der Waals surface area (Å²) in [6.45, 7) is 0. The second kappa shape index (κ2) is 6.95. The number of aromatic hydroxyl groups is 1. The Morgan fingerprint density at radius 3 is 2.60 bits per heavy atom. The van der Waals surface area contributed by atoms with E-state index in [2.05, 4.69) is 15.9 Å². The zero-order valence-corrected chi connectivity index (χ0v) is 15.6. The number of phenols is 1. The van der Waals surface area contributed by atoms with Crippen molar-refractivity contribution in [1.82, 2.24) is 0 Å². The molecule has 1 saturated heterocycles. The molecule has 1 aliphatic rings. The van der Waals surface area contributed by atoms with Gasteiger partial charge in [0.2, 0.25) is 0 Å². The summed E-state index contributed by atoms with van der Waals surface area (Å²) in [7, 11) is 0. The number of nitrogens with zero attached hydrogens (tertiary/aromatic N) is 2. The van der Waals surface area contributed by atoms with Crippen molar-refractivity contribution in [2.45, 2.75) is 0 Å². The van der Waals surface area contributed by atoms with E-state index >= 15 is 0 Å². The molecule has 126 valence electrons. The first-order chi connectivity index (χ1) is 11.9. The number of non-ortho nitro benzene ring substituents is 1. The summed E-state index contributed by atoms with van der Waals surface area (Å²) >= 11 is 9.42. The monoisotopic (exact) mass is 436 g/mol. The van der Waals surface area contributed by atoms with Crippen LogP contribution >= 0.6 is 39.9 Å². The summed E-state index contributed by atoms with van der Waals surface area (Å²) in [5, 5.41) is 21.1. The van der Waals surface area contributed by atoms with Gasteiger partial charge < -0.3 is 5.11 Å². The number of nitro groups is 1. The summed E-state index contributed by atoms with van der Waals surface area (Å²) in [5.74, 6) is -0.529. The van der Waals surface area contributed by atoms with E-state index in [-0.39, 0.29) is 32.3 Å². The lowest BCUT2D eigenvalue weighted by Gasteiger charge is -2.13. The van der Waals surface area contributed by atoms with Crippen LogP contribution in [0.5, 0.6) is 5.75 Å². The maximum Gasteiger partial charge on any atom is 0.271 e. The number of hydrogen-bond donors (Lipinski definition) is 1. The number of thioether (sulfide) groups is 1. The number of carbonyl (C=O) groups is 1. The quantitative estimate of drug-likeness (QED) is 0.330. The van der Waals surface area contributed by atoms with Crippen LogP contribution in [-0.4, -0.2) is 20.3 Å². The van der Waals surface area contributed by atoms with Gasteiger partial charge in [-0.1, -0.05) is 42.2 Å². The first-order valence-electron chi connectivity index (χ1n) is 6.88. The van der Waals surface area contributed by atoms with Crippen LogP contribution in [0.2, 0.25) is 0 Å². The molecule has 0 atom stereocenters. The third-order valence-electron chi connectivity index (χ3n) is 3.38. The smallest absolute Gasteiger partial charge is 0.271 e. The largest absolute Gasteiger partial charge is 0.506 e. The molecule has 1 fully saturated rings. The van der Waals surface area contributed by atoms with Crippen molar-refractivity contribution in [1.29, 1.82) is 0 Å². The van der Waals surface area contributed by atoms with Gasteiger partial charge in [0.15, 0.2) is 4.32 Å². The third-order valence-corrected chi connectivity index (χ3v) is 5.29. The van der Waals surface area contributed by atoms with Crippen molar-refractivity contribution < 1.29 is 14.8 Å². The molecule has 0 bridgehead atoms. The molecule has 1 heterocycles. The molecule has 3 rings (SSSR count). The van der Waals surface area contributed by atoms with Crippen molar-refractivity contribution in [2.75, 3.05) is 4.90 Å². The number of halogens is 1. The van der Waals surface area contributed by atoms with Crippen LogP contribution in [-0.2, 0) is 4.79 Å². The van der Waals surface area contributed by atoms with E-state index in [0.29, 0.717) is 10.0 Å². The van der Waals surface area contributed by atoms with Gasteiger partial charge in [0.25, 0.3) is 11.6 Å². The number of hydrogen-bond acceptors (Lipinski definition) is 6. The number of nitro benzene ring substituents is 1. The van der Waals surface area contributed by atoms with Crippen LogP contribution in [0.4, 0.5) is 11.4 Å². The van der Waals surface area contributed by atoms with Crippen molar-refractivity contribution in [3.8, 4) is 5.75 Å². The molecule has 0 saturated carbocycles. The molecule has 9 heteroatoms. The summed E-state index contributed by atoms with van der Waals surface area (Å²) < 4.78 is 0.526.